The molecule has 0 saturated carbocycles. The van der Waals surface area contributed by atoms with Gasteiger partial charge in [0.15, 0.2) is 5.16 Å². The Morgan fingerprint density at radius 2 is 2.10 bits per heavy atom. The van der Waals surface area contributed by atoms with Gasteiger partial charge in [-0.25, -0.2) is 0 Å². The van der Waals surface area contributed by atoms with Gasteiger partial charge in [-0.3, -0.25) is 9.69 Å². The Hall–Kier alpha value is -0.760. The van der Waals surface area contributed by atoms with Crippen LogP contribution in [0.1, 0.15) is 25.3 Å². The number of ether oxygens (including phenoxy) is 1. The highest BCUT2D eigenvalue weighted by atomic mass is 35.5. The second kappa shape index (κ2) is 8.63. The Bertz CT molecular complexity index is 504. The molecule has 120 valence electrons. The van der Waals surface area contributed by atoms with E-state index in [0.29, 0.717) is 10.7 Å². The molecule has 8 heteroatoms. The highest BCUT2D eigenvalue weighted by Gasteiger charge is 2.15. The molecule has 1 fully saturated rings. The summed E-state index contributed by atoms with van der Waals surface area (Å²) in [5, 5.41) is 10.3. The molecule has 0 aromatic carbocycles. The summed E-state index contributed by atoms with van der Waals surface area (Å²) < 4.78 is 5.29. The second-order valence-corrected chi connectivity index (χ2v) is 6.15. The molecule has 2 heterocycles. The quantitative estimate of drug-likeness (QED) is 0.480. The summed E-state index contributed by atoms with van der Waals surface area (Å²) in [6.07, 6.45) is 0. The molecule has 0 spiro atoms. The number of halogens is 1. The first kappa shape index (κ1) is 18.3. The Morgan fingerprint density at radius 3 is 2.67 bits per heavy atom. The average Bonchev–Trinajstić information content (AvgIpc) is 2.38. The number of aromatic hydroxyl groups is 1. The maximum absolute atomic E-state index is 11.9. The number of hydrogen-bond donors (Lipinski definition) is 2. The molecular weight excluding hydrogens is 314 g/mol. The van der Waals surface area contributed by atoms with Crippen molar-refractivity contribution < 1.29 is 22.3 Å². The van der Waals surface area contributed by atoms with Crippen LogP contribution in [0, 0.1) is 0 Å². The van der Waals surface area contributed by atoms with Crippen molar-refractivity contribution in [2.24, 2.45) is 0 Å². The largest absolute Gasteiger partial charge is 1.00 e. The molecule has 6 nitrogen and oxygen atoms in total. The topological polar surface area (TPSA) is 78.5 Å². The molecular formula is C13H21ClN3O3S-. The van der Waals surface area contributed by atoms with E-state index in [1.165, 1.54) is 11.8 Å². The van der Waals surface area contributed by atoms with E-state index in [1.807, 2.05) is 13.8 Å². The lowest BCUT2D eigenvalue weighted by Crippen LogP contribution is -3.00. The molecule has 1 aromatic rings. The lowest BCUT2D eigenvalue weighted by molar-refractivity contribution is -0.00000706. The highest BCUT2D eigenvalue weighted by molar-refractivity contribution is 7.99. The van der Waals surface area contributed by atoms with Crippen LogP contribution in [0.25, 0.3) is 0 Å². The van der Waals surface area contributed by atoms with E-state index < -0.39 is 0 Å². The van der Waals surface area contributed by atoms with Crippen molar-refractivity contribution in [2.45, 2.75) is 24.9 Å². The molecule has 0 aliphatic carbocycles. The fraction of sp³-hybridized carbons (Fsp3) is 0.692. The van der Waals surface area contributed by atoms with E-state index in [4.69, 9.17) is 4.74 Å². The van der Waals surface area contributed by atoms with Gasteiger partial charge in [0, 0.05) is 25.4 Å². The van der Waals surface area contributed by atoms with Gasteiger partial charge < -0.3 is 27.2 Å². The zero-order valence-electron chi connectivity index (χ0n) is 12.3. The second-order valence-electron chi connectivity index (χ2n) is 5.07. The number of nitrogens with zero attached hydrogens (tertiary/aromatic N) is 2. The standard InChI is InChI=1S/C13H21N3O3S.ClH/c1-9(2)10-11(17)14-13(15-12(10)18)20-8-5-16-3-6-19-7-4-16;/h9H,3-8H2,1-2H3,(H2,14,15,17,18);1H/p-1. The third-order valence-corrected chi connectivity index (χ3v) is 4.09. The zero-order chi connectivity index (χ0) is 14.5. The van der Waals surface area contributed by atoms with E-state index in [-0.39, 0.29) is 29.8 Å². The Balaban J connectivity index is 0.00000220. The van der Waals surface area contributed by atoms with Gasteiger partial charge in [-0.05, 0) is 5.92 Å². The van der Waals surface area contributed by atoms with E-state index >= 15 is 0 Å². The van der Waals surface area contributed by atoms with Crippen LogP contribution in [0.2, 0.25) is 0 Å². The molecule has 1 aromatic heterocycles. The Kier molecular flexibility index (Phi) is 7.51. The van der Waals surface area contributed by atoms with E-state index in [0.717, 1.165) is 38.6 Å². The Labute approximate surface area is 134 Å². The number of rotatable bonds is 5. The molecule has 0 atom stereocenters. The first-order chi connectivity index (χ1) is 9.58. The number of morpholine rings is 1. The lowest BCUT2D eigenvalue weighted by Gasteiger charge is -2.26. The number of aromatic nitrogens is 2. The van der Waals surface area contributed by atoms with Gasteiger partial charge in [0.2, 0.25) is 5.88 Å². The average molecular weight is 335 g/mol. The molecule has 2 rings (SSSR count). The van der Waals surface area contributed by atoms with Crippen LogP contribution >= 0.6 is 11.8 Å². The van der Waals surface area contributed by atoms with Crippen molar-refractivity contribution >= 4 is 11.8 Å². The minimum Gasteiger partial charge on any atom is -1.00 e. The first-order valence-corrected chi connectivity index (χ1v) is 7.82. The normalized spacial score (nSPS) is 16.0. The van der Waals surface area contributed by atoms with Crippen molar-refractivity contribution in [1.82, 2.24) is 14.9 Å². The van der Waals surface area contributed by atoms with Crippen LogP contribution in [0.5, 0.6) is 5.88 Å². The van der Waals surface area contributed by atoms with Crippen LogP contribution in [-0.2, 0) is 4.74 Å². The predicted molar refractivity (Wildman–Crippen MR) is 78.6 cm³/mol. The summed E-state index contributed by atoms with van der Waals surface area (Å²) >= 11 is 1.45. The fourth-order valence-electron chi connectivity index (χ4n) is 2.14. The number of H-pyrrole nitrogens is 1. The molecule has 21 heavy (non-hydrogen) atoms. The van der Waals surface area contributed by atoms with Gasteiger partial charge in [0.05, 0.1) is 18.8 Å². The van der Waals surface area contributed by atoms with Crippen molar-refractivity contribution in [3.63, 3.8) is 0 Å². The van der Waals surface area contributed by atoms with Crippen LogP contribution in [0.4, 0.5) is 0 Å². The summed E-state index contributed by atoms with van der Waals surface area (Å²) in [6, 6.07) is 0. The van der Waals surface area contributed by atoms with Gasteiger partial charge in [-0.2, -0.15) is 4.98 Å². The van der Waals surface area contributed by atoms with Gasteiger partial charge in [0.25, 0.3) is 5.56 Å². The fourth-order valence-corrected chi connectivity index (χ4v) is 2.99. The van der Waals surface area contributed by atoms with Crippen LogP contribution in [0.3, 0.4) is 0 Å². The molecule has 0 bridgehead atoms. The SMILES string of the molecule is CC(C)c1c(O)nc(SCCN2CCOCC2)[nH]c1=O.[Cl-]. The van der Waals surface area contributed by atoms with Gasteiger partial charge in [-0.1, -0.05) is 25.6 Å². The summed E-state index contributed by atoms with van der Waals surface area (Å²) in [5.41, 5.74) is 0.101. The molecule has 0 radical (unpaired) electrons. The molecule has 1 aliphatic rings. The minimum atomic E-state index is -0.249. The van der Waals surface area contributed by atoms with Gasteiger partial charge in [0.1, 0.15) is 0 Å². The third-order valence-electron chi connectivity index (χ3n) is 3.24. The van der Waals surface area contributed by atoms with Crippen LogP contribution in [0.15, 0.2) is 9.95 Å². The summed E-state index contributed by atoms with van der Waals surface area (Å²) in [7, 11) is 0. The number of aromatic amines is 1. The van der Waals surface area contributed by atoms with Gasteiger partial charge >= 0.3 is 0 Å². The van der Waals surface area contributed by atoms with E-state index in [9.17, 15) is 9.90 Å². The molecule has 1 aliphatic heterocycles. The smallest absolute Gasteiger partial charge is 0.258 e. The summed E-state index contributed by atoms with van der Waals surface area (Å²) in [4.78, 5) is 21.0. The number of thioether (sulfide) groups is 1. The van der Waals surface area contributed by atoms with Gasteiger partial charge in [-0.15, -0.1) is 0 Å². The maximum Gasteiger partial charge on any atom is 0.258 e. The minimum absolute atomic E-state index is 0. The summed E-state index contributed by atoms with van der Waals surface area (Å²) in [5.74, 6) is 0.625. The molecule has 0 unspecified atom stereocenters. The predicted octanol–water partition coefficient (Wildman–Crippen LogP) is -1.97. The van der Waals surface area contributed by atoms with Crippen LogP contribution < -0.4 is 18.0 Å². The Morgan fingerprint density at radius 1 is 1.43 bits per heavy atom. The van der Waals surface area contributed by atoms with Crippen molar-refractivity contribution in [3.05, 3.63) is 15.9 Å². The van der Waals surface area contributed by atoms with Crippen molar-refractivity contribution in [1.29, 1.82) is 0 Å². The van der Waals surface area contributed by atoms with Crippen LogP contribution in [-0.4, -0.2) is 58.6 Å². The van der Waals surface area contributed by atoms with Crippen molar-refractivity contribution in [3.8, 4) is 5.88 Å². The monoisotopic (exact) mass is 334 g/mol. The van der Waals surface area contributed by atoms with E-state index in [1.54, 1.807) is 0 Å². The summed E-state index contributed by atoms with van der Waals surface area (Å²) in [6.45, 7) is 8.09. The molecule has 2 N–H and O–H groups in total. The first-order valence-electron chi connectivity index (χ1n) is 6.84. The number of hydrogen-bond acceptors (Lipinski definition) is 6. The van der Waals surface area contributed by atoms with E-state index in [2.05, 4.69) is 14.9 Å². The maximum atomic E-state index is 11.9. The molecule has 0 amide bonds. The van der Waals surface area contributed by atoms with Crippen molar-refractivity contribution in [2.75, 3.05) is 38.6 Å². The number of nitrogens with one attached hydrogen (secondary N) is 1. The third kappa shape index (κ3) is 5.18. The molecule has 1 saturated heterocycles. The lowest BCUT2D eigenvalue weighted by atomic mass is 10.1. The highest BCUT2D eigenvalue weighted by Crippen LogP contribution is 2.21. The zero-order valence-corrected chi connectivity index (χ0v) is 13.8.